The average Bonchev–Trinajstić information content (AvgIpc) is 2.53. The summed E-state index contributed by atoms with van der Waals surface area (Å²) in [6.45, 7) is 5.83. The Balaban J connectivity index is 1.89. The molecule has 1 heterocycles. The minimum Gasteiger partial charge on any atom is -0.393 e. The van der Waals surface area contributed by atoms with Gasteiger partial charge in [-0.25, -0.2) is 4.39 Å². The SMILES string of the molecule is CC(O)C1CCN(C(C)C(=O)N(C)Cc2cccc(F)c2)CC1. The van der Waals surface area contributed by atoms with Crippen molar-refractivity contribution in [2.45, 2.75) is 45.4 Å². The molecule has 1 fully saturated rings. The van der Waals surface area contributed by atoms with Crippen molar-refractivity contribution in [1.82, 2.24) is 9.80 Å². The zero-order valence-corrected chi connectivity index (χ0v) is 14.2. The Morgan fingerprint density at radius 2 is 2.04 bits per heavy atom. The summed E-state index contributed by atoms with van der Waals surface area (Å²) in [6, 6.07) is 6.16. The molecule has 2 unspecified atom stereocenters. The van der Waals surface area contributed by atoms with E-state index in [-0.39, 0.29) is 23.9 Å². The van der Waals surface area contributed by atoms with E-state index in [1.165, 1.54) is 12.1 Å². The van der Waals surface area contributed by atoms with E-state index in [1.807, 2.05) is 19.9 Å². The summed E-state index contributed by atoms with van der Waals surface area (Å²) in [4.78, 5) is 16.4. The quantitative estimate of drug-likeness (QED) is 0.904. The summed E-state index contributed by atoms with van der Waals surface area (Å²) >= 11 is 0. The molecule has 23 heavy (non-hydrogen) atoms. The van der Waals surface area contributed by atoms with E-state index in [9.17, 15) is 14.3 Å². The molecular formula is C18H27FN2O2. The van der Waals surface area contributed by atoms with Gasteiger partial charge in [0.1, 0.15) is 5.82 Å². The lowest BCUT2D eigenvalue weighted by Gasteiger charge is -2.37. The monoisotopic (exact) mass is 322 g/mol. The molecule has 1 amide bonds. The molecule has 0 bridgehead atoms. The lowest BCUT2D eigenvalue weighted by atomic mass is 9.91. The van der Waals surface area contributed by atoms with Crippen molar-refractivity contribution in [1.29, 1.82) is 0 Å². The minimum atomic E-state index is -0.281. The first-order valence-electron chi connectivity index (χ1n) is 8.30. The second kappa shape index (κ2) is 7.88. The summed E-state index contributed by atoms with van der Waals surface area (Å²) in [5.41, 5.74) is 0.792. The molecule has 1 aromatic carbocycles. The van der Waals surface area contributed by atoms with Crippen LogP contribution in [0.5, 0.6) is 0 Å². The van der Waals surface area contributed by atoms with Gasteiger partial charge in [0.25, 0.3) is 0 Å². The van der Waals surface area contributed by atoms with Crippen molar-refractivity contribution < 1.29 is 14.3 Å². The first kappa shape index (κ1) is 17.9. The van der Waals surface area contributed by atoms with Gasteiger partial charge in [-0.05, 0) is 63.4 Å². The van der Waals surface area contributed by atoms with Crippen LogP contribution in [-0.4, -0.2) is 53.1 Å². The molecule has 1 N–H and O–H groups in total. The zero-order chi connectivity index (χ0) is 17.0. The summed E-state index contributed by atoms with van der Waals surface area (Å²) in [7, 11) is 1.76. The first-order chi connectivity index (χ1) is 10.9. The van der Waals surface area contributed by atoms with Crippen LogP contribution in [0.25, 0.3) is 0 Å². The van der Waals surface area contributed by atoms with E-state index < -0.39 is 0 Å². The number of aliphatic hydroxyl groups is 1. The summed E-state index contributed by atoms with van der Waals surface area (Å²) in [5, 5.41) is 9.66. The Morgan fingerprint density at radius 3 is 2.61 bits per heavy atom. The van der Waals surface area contributed by atoms with Crippen LogP contribution in [-0.2, 0) is 11.3 Å². The van der Waals surface area contributed by atoms with Crippen molar-refractivity contribution in [3.05, 3.63) is 35.6 Å². The number of amides is 1. The number of aliphatic hydroxyl groups excluding tert-OH is 1. The van der Waals surface area contributed by atoms with Crippen LogP contribution in [0.2, 0.25) is 0 Å². The number of nitrogens with zero attached hydrogens (tertiary/aromatic N) is 2. The van der Waals surface area contributed by atoms with Crippen molar-refractivity contribution in [2.24, 2.45) is 5.92 Å². The molecule has 2 atom stereocenters. The Kier molecular flexibility index (Phi) is 6.13. The number of halogens is 1. The summed E-state index contributed by atoms with van der Waals surface area (Å²) < 4.78 is 13.2. The van der Waals surface area contributed by atoms with Crippen LogP contribution >= 0.6 is 0 Å². The molecular weight excluding hydrogens is 295 g/mol. The van der Waals surface area contributed by atoms with Gasteiger partial charge in [0.15, 0.2) is 0 Å². The van der Waals surface area contributed by atoms with Crippen molar-refractivity contribution in [3.8, 4) is 0 Å². The smallest absolute Gasteiger partial charge is 0.239 e. The van der Waals surface area contributed by atoms with Gasteiger partial charge in [-0.15, -0.1) is 0 Å². The van der Waals surface area contributed by atoms with E-state index in [2.05, 4.69) is 4.90 Å². The number of rotatable bonds is 5. The largest absolute Gasteiger partial charge is 0.393 e. The fraction of sp³-hybridized carbons (Fsp3) is 0.611. The van der Waals surface area contributed by atoms with Crippen LogP contribution in [0.15, 0.2) is 24.3 Å². The maximum atomic E-state index is 13.2. The topological polar surface area (TPSA) is 43.8 Å². The Morgan fingerprint density at radius 1 is 1.39 bits per heavy atom. The maximum Gasteiger partial charge on any atom is 0.239 e. The molecule has 0 saturated carbocycles. The van der Waals surface area contributed by atoms with E-state index in [0.29, 0.717) is 12.5 Å². The molecule has 5 heteroatoms. The van der Waals surface area contributed by atoms with Gasteiger partial charge in [-0.1, -0.05) is 12.1 Å². The van der Waals surface area contributed by atoms with Crippen LogP contribution in [0.4, 0.5) is 4.39 Å². The molecule has 0 radical (unpaired) electrons. The standard InChI is InChI=1S/C18H27FN2O2/c1-13(21-9-7-16(8-10-21)14(2)22)18(23)20(3)12-15-5-4-6-17(19)11-15/h4-6,11,13-14,16,22H,7-10,12H2,1-3H3. The summed E-state index contributed by atoms with van der Waals surface area (Å²) in [6.07, 6.45) is 1.56. The second-order valence-corrected chi connectivity index (χ2v) is 6.61. The fourth-order valence-corrected chi connectivity index (χ4v) is 3.25. The average molecular weight is 322 g/mol. The highest BCUT2D eigenvalue weighted by atomic mass is 19.1. The van der Waals surface area contributed by atoms with E-state index in [0.717, 1.165) is 31.5 Å². The summed E-state index contributed by atoms with van der Waals surface area (Å²) in [5.74, 6) is 0.0972. The fourth-order valence-electron chi connectivity index (χ4n) is 3.25. The third-order valence-electron chi connectivity index (χ3n) is 4.85. The minimum absolute atomic E-state index is 0.0461. The number of hydrogen-bond donors (Lipinski definition) is 1. The van der Waals surface area contributed by atoms with Gasteiger partial charge in [0, 0.05) is 13.6 Å². The van der Waals surface area contributed by atoms with Gasteiger partial charge < -0.3 is 10.0 Å². The van der Waals surface area contributed by atoms with Crippen molar-refractivity contribution >= 4 is 5.91 Å². The highest BCUT2D eigenvalue weighted by molar-refractivity contribution is 5.81. The van der Waals surface area contributed by atoms with Crippen LogP contribution in [0, 0.1) is 11.7 Å². The molecule has 1 aliphatic rings. The molecule has 128 valence electrons. The highest BCUT2D eigenvalue weighted by Crippen LogP contribution is 2.22. The zero-order valence-electron chi connectivity index (χ0n) is 14.2. The predicted octanol–water partition coefficient (Wildman–Crippen LogP) is 2.27. The number of likely N-dealkylation sites (N-methyl/N-ethyl adjacent to an activating group) is 1. The Labute approximate surface area is 137 Å². The number of hydrogen-bond acceptors (Lipinski definition) is 3. The molecule has 0 aliphatic carbocycles. The normalized spacial score (nSPS) is 19.3. The molecule has 1 aromatic rings. The highest BCUT2D eigenvalue weighted by Gasteiger charge is 2.29. The predicted molar refractivity (Wildman–Crippen MR) is 88.3 cm³/mol. The third kappa shape index (κ3) is 4.75. The van der Waals surface area contributed by atoms with Gasteiger partial charge in [-0.2, -0.15) is 0 Å². The Hall–Kier alpha value is -1.46. The van der Waals surface area contributed by atoms with Crippen molar-refractivity contribution in [3.63, 3.8) is 0 Å². The lowest BCUT2D eigenvalue weighted by Crippen LogP contribution is -2.49. The number of piperidine rings is 1. The van der Waals surface area contributed by atoms with Crippen LogP contribution < -0.4 is 0 Å². The second-order valence-electron chi connectivity index (χ2n) is 6.61. The van der Waals surface area contributed by atoms with E-state index in [1.54, 1.807) is 18.0 Å². The van der Waals surface area contributed by atoms with Gasteiger partial charge in [0.05, 0.1) is 12.1 Å². The number of carbonyl (C=O) groups is 1. The lowest BCUT2D eigenvalue weighted by molar-refractivity contribution is -0.136. The molecule has 2 rings (SSSR count). The number of benzene rings is 1. The van der Waals surface area contributed by atoms with Gasteiger partial charge in [-0.3, -0.25) is 9.69 Å². The van der Waals surface area contributed by atoms with Crippen LogP contribution in [0.3, 0.4) is 0 Å². The number of carbonyl (C=O) groups excluding carboxylic acids is 1. The van der Waals surface area contributed by atoms with Crippen molar-refractivity contribution in [2.75, 3.05) is 20.1 Å². The molecule has 0 spiro atoms. The molecule has 0 aromatic heterocycles. The molecule has 1 saturated heterocycles. The maximum absolute atomic E-state index is 13.2. The van der Waals surface area contributed by atoms with Gasteiger partial charge >= 0.3 is 0 Å². The van der Waals surface area contributed by atoms with Crippen LogP contribution in [0.1, 0.15) is 32.3 Å². The number of likely N-dealkylation sites (tertiary alicyclic amines) is 1. The molecule has 1 aliphatic heterocycles. The Bertz CT molecular complexity index is 528. The molecule has 4 nitrogen and oxygen atoms in total. The first-order valence-corrected chi connectivity index (χ1v) is 8.30. The van der Waals surface area contributed by atoms with E-state index >= 15 is 0 Å². The van der Waals surface area contributed by atoms with Gasteiger partial charge in [0.2, 0.25) is 5.91 Å². The third-order valence-corrected chi connectivity index (χ3v) is 4.85. The van der Waals surface area contributed by atoms with E-state index in [4.69, 9.17) is 0 Å².